The Morgan fingerprint density at radius 3 is 2.62 bits per heavy atom. The molecule has 1 aliphatic carbocycles. The number of aryl methyl sites for hydroxylation is 2. The van der Waals surface area contributed by atoms with E-state index in [2.05, 4.69) is 26.5 Å². The van der Waals surface area contributed by atoms with E-state index in [-0.39, 0.29) is 17.2 Å². The van der Waals surface area contributed by atoms with Crippen LogP contribution in [0.5, 0.6) is 5.75 Å². The molecule has 4 aromatic rings. The fourth-order valence-electron chi connectivity index (χ4n) is 4.31. The van der Waals surface area contributed by atoms with Crippen molar-refractivity contribution in [3.63, 3.8) is 0 Å². The highest BCUT2D eigenvalue weighted by Gasteiger charge is 2.23. The maximum Gasteiger partial charge on any atom is 0.267 e. The lowest BCUT2D eigenvalue weighted by molar-refractivity contribution is -0.118. The molecule has 0 radical (unpaired) electrons. The number of nitrogens with zero attached hydrogens (tertiary/aromatic N) is 3. The highest BCUT2D eigenvalue weighted by atomic mass is 79.9. The summed E-state index contributed by atoms with van der Waals surface area (Å²) in [4.78, 5) is 33.4. The van der Waals surface area contributed by atoms with Gasteiger partial charge in [0.05, 0.1) is 29.6 Å². The quantitative estimate of drug-likeness (QED) is 0.127. The number of hydrogen-bond donors (Lipinski definition) is 1. The number of hydrogen-bond acceptors (Lipinski definition) is 7. The van der Waals surface area contributed by atoms with E-state index in [4.69, 9.17) is 9.72 Å². The molecule has 2 heterocycles. The molecule has 0 spiro atoms. The number of carbonyl (C=O) groups excluding carboxylic acids is 1. The molecule has 1 aliphatic rings. The van der Waals surface area contributed by atoms with Gasteiger partial charge < -0.3 is 4.74 Å². The van der Waals surface area contributed by atoms with E-state index in [0.717, 1.165) is 62.9 Å². The number of aromatic nitrogens is 2. The van der Waals surface area contributed by atoms with Gasteiger partial charge in [-0.3, -0.25) is 14.2 Å². The molecule has 0 unspecified atom stereocenters. The minimum Gasteiger partial charge on any atom is -0.497 e. The van der Waals surface area contributed by atoms with E-state index in [9.17, 15) is 9.59 Å². The number of nitrogens with one attached hydrogen (secondary N) is 1. The van der Waals surface area contributed by atoms with Gasteiger partial charge in [0.25, 0.3) is 11.5 Å². The van der Waals surface area contributed by atoms with Crippen LogP contribution in [0.4, 0.5) is 0 Å². The van der Waals surface area contributed by atoms with E-state index in [1.807, 2.05) is 55.5 Å². The Hall–Kier alpha value is -2.95. The summed E-state index contributed by atoms with van der Waals surface area (Å²) >= 11 is 6.30. The Morgan fingerprint density at radius 1 is 1.16 bits per heavy atom. The second-order valence-electron chi connectivity index (χ2n) is 8.65. The second-order valence-corrected chi connectivity index (χ2v) is 11.6. The molecule has 0 fully saturated rings. The van der Waals surface area contributed by atoms with E-state index < -0.39 is 0 Å². The lowest BCUT2D eigenvalue weighted by atomic mass is 9.97. The van der Waals surface area contributed by atoms with Crippen LogP contribution in [0, 0.1) is 0 Å². The summed E-state index contributed by atoms with van der Waals surface area (Å²) in [5.41, 5.74) is 5.96. The first-order chi connectivity index (χ1) is 17.9. The van der Waals surface area contributed by atoms with Crippen molar-refractivity contribution in [2.75, 3.05) is 12.9 Å². The predicted octanol–water partition coefficient (Wildman–Crippen LogP) is 5.73. The van der Waals surface area contributed by atoms with Crippen molar-refractivity contribution < 1.29 is 9.53 Å². The Balaban J connectivity index is 1.41. The van der Waals surface area contributed by atoms with Crippen LogP contribution < -0.4 is 15.7 Å². The van der Waals surface area contributed by atoms with Gasteiger partial charge in [0.2, 0.25) is 0 Å². The summed E-state index contributed by atoms with van der Waals surface area (Å²) in [7, 11) is 1.61. The molecule has 2 aromatic carbocycles. The van der Waals surface area contributed by atoms with Crippen LogP contribution in [0.25, 0.3) is 15.9 Å². The third kappa shape index (κ3) is 5.51. The monoisotopic (exact) mass is 596 g/mol. The summed E-state index contributed by atoms with van der Waals surface area (Å²) in [5.74, 6) is 0.545. The number of hydrazone groups is 1. The molecule has 2 aromatic heterocycles. The van der Waals surface area contributed by atoms with Gasteiger partial charge in [-0.2, -0.15) is 5.10 Å². The molecule has 1 amide bonds. The van der Waals surface area contributed by atoms with Crippen molar-refractivity contribution in [1.29, 1.82) is 0 Å². The van der Waals surface area contributed by atoms with Crippen LogP contribution in [0.3, 0.4) is 0 Å². The Bertz CT molecular complexity index is 1540. The zero-order chi connectivity index (χ0) is 25.9. The fourth-order valence-corrected chi connectivity index (χ4v) is 6.68. The minimum atomic E-state index is -0.278. The normalized spacial score (nSPS) is 13.4. The molecule has 0 atom stereocenters. The SMILES string of the molecule is COc1ccc(C(C)=NNC(=O)CSc2nc3sc4c(c3c(=O)n2-c2ccc(Br)cc2)CCCC4)cc1. The van der Waals surface area contributed by atoms with Crippen LogP contribution in [0.2, 0.25) is 0 Å². The number of fused-ring (bicyclic) bond motifs is 3. The molecule has 0 aliphatic heterocycles. The van der Waals surface area contributed by atoms with Gasteiger partial charge in [-0.15, -0.1) is 11.3 Å². The van der Waals surface area contributed by atoms with Crippen LogP contribution in [0.1, 0.15) is 35.8 Å². The first-order valence-corrected chi connectivity index (χ1v) is 14.5. The summed E-state index contributed by atoms with van der Waals surface area (Å²) in [6, 6.07) is 15.0. The smallest absolute Gasteiger partial charge is 0.267 e. The Kier molecular flexibility index (Phi) is 7.78. The molecule has 37 heavy (non-hydrogen) atoms. The van der Waals surface area contributed by atoms with Crippen molar-refractivity contribution >= 4 is 60.9 Å². The number of benzene rings is 2. The van der Waals surface area contributed by atoms with Crippen LogP contribution >= 0.6 is 39.0 Å². The van der Waals surface area contributed by atoms with Gasteiger partial charge in [-0.1, -0.05) is 27.7 Å². The van der Waals surface area contributed by atoms with Gasteiger partial charge in [0, 0.05) is 9.35 Å². The third-order valence-corrected chi connectivity index (χ3v) is 8.88. The molecule has 7 nitrogen and oxygen atoms in total. The molecule has 190 valence electrons. The van der Waals surface area contributed by atoms with E-state index in [0.29, 0.717) is 10.9 Å². The standard InChI is InChI=1S/C27H25BrN4O3S2/c1-16(17-7-13-20(35-2)14-8-17)30-31-23(33)15-36-27-29-25-24(21-5-3-4-6-22(21)37-25)26(34)32(27)19-11-9-18(28)10-12-19/h7-14H,3-6,15H2,1-2H3,(H,31,33). The second kappa shape index (κ2) is 11.2. The first-order valence-electron chi connectivity index (χ1n) is 11.9. The lowest BCUT2D eigenvalue weighted by Gasteiger charge is -2.13. The molecule has 5 rings (SSSR count). The van der Waals surface area contributed by atoms with Gasteiger partial charge in [-0.25, -0.2) is 10.4 Å². The maximum atomic E-state index is 13.8. The van der Waals surface area contributed by atoms with Gasteiger partial charge >= 0.3 is 0 Å². The third-order valence-electron chi connectivity index (χ3n) is 6.23. The summed E-state index contributed by atoms with van der Waals surface area (Å²) in [6.45, 7) is 1.83. The molecular formula is C27H25BrN4O3S2. The lowest BCUT2D eigenvalue weighted by Crippen LogP contribution is -2.24. The van der Waals surface area contributed by atoms with Crippen LogP contribution in [-0.2, 0) is 17.6 Å². The van der Waals surface area contributed by atoms with Crippen LogP contribution in [-0.4, -0.2) is 34.0 Å². The average Bonchev–Trinajstić information content (AvgIpc) is 3.30. The Labute approximate surface area is 231 Å². The fraction of sp³-hybridized carbons (Fsp3) is 0.259. The minimum absolute atomic E-state index is 0.0684. The maximum absolute atomic E-state index is 13.8. The number of methoxy groups -OCH3 is 1. The number of rotatable bonds is 7. The first kappa shape index (κ1) is 25.7. The largest absolute Gasteiger partial charge is 0.497 e. The van der Waals surface area contributed by atoms with Crippen molar-refractivity contribution in [3.8, 4) is 11.4 Å². The number of amides is 1. The topological polar surface area (TPSA) is 85.6 Å². The number of thiophene rings is 1. The van der Waals surface area contributed by atoms with Crippen molar-refractivity contribution in [1.82, 2.24) is 15.0 Å². The highest BCUT2D eigenvalue weighted by Crippen LogP contribution is 2.35. The van der Waals surface area contributed by atoms with E-state index >= 15 is 0 Å². The van der Waals surface area contributed by atoms with E-state index in [1.54, 1.807) is 23.0 Å². The molecule has 0 bridgehead atoms. The number of halogens is 1. The predicted molar refractivity (Wildman–Crippen MR) is 154 cm³/mol. The summed E-state index contributed by atoms with van der Waals surface area (Å²) in [5, 5.41) is 5.44. The number of carbonyl (C=O) groups is 1. The summed E-state index contributed by atoms with van der Waals surface area (Å²) < 4.78 is 7.73. The zero-order valence-electron chi connectivity index (χ0n) is 20.4. The molecule has 0 saturated carbocycles. The van der Waals surface area contributed by atoms with Crippen LogP contribution in [0.15, 0.2) is 68.1 Å². The van der Waals surface area contributed by atoms with E-state index in [1.165, 1.54) is 16.6 Å². The molecule has 1 N–H and O–H groups in total. The van der Waals surface area contributed by atoms with Gasteiger partial charge in [0.1, 0.15) is 10.6 Å². The van der Waals surface area contributed by atoms with Gasteiger partial charge in [0.15, 0.2) is 5.16 Å². The Morgan fingerprint density at radius 2 is 1.89 bits per heavy atom. The average molecular weight is 598 g/mol. The molecule has 0 saturated heterocycles. The van der Waals surface area contributed by atoms with Crippen molar-refractivity contribution in [2.24, 2.45) is 5.10 Å². The summed E-state index contributed by atoms with van der Waals surface area (Å²) in [6.07, 6.45) is 4.13. The number of thioether (sulfide) groups is 1. The highest BCUT2D eigenvalue weighted by molar-refractivity contribution is 9.10. The zero-order valence-corrected chi connectivity index (χ0v) is 23.6. The van der Waals surface area contributed by atoms with Crippen molar-refractivity contribution in [2.45, 2.75) is 37.8 Å². The molecule has 10 heteroatoms. The number of ether oxygens (including phenoxy) is 1. The van der Waals surface area contributed by atoms with Crippen molar-refractivity contribution in [3.05, 3.63) is 79.4 Å². The molecular weight excluding hydrogens is 572 g/mol. The van der Waals surface area contributed by atoms with Gasteiger partial charge in [-0.05, 0) is 92.3 Å².